The number of benzene rings is 3. The zero-order chi connectivity index (χ0) is 21.7. The van der Waals surface area contributed by atoms with Crippen molar-refractivity contribution >= 4 is 21.6 Å². The Kier molecular flexibility index (Phi) is 6.64. The van der Waals surface area contributed by atoms with Crippen molar-refractivity contribution in [2.24, 2.45) is 0 Å². The Labute approximate surface area is 176 Å². The molecule has 0 bridgehead atoms. The average molecular weight is 427 g/mol. The predicted octanol–water partition coefficient (Wildman–Crippen LogP) is 4.22. The molecule has 0 unspecified atom stereocenters. The van der Waals surface area contributed by atoms with Crippen LogP contribution in [0, 0.1) is 19.7 Å². The summed E-state index contributed by atoms with van der Waals surface area (Å²) in [5.41, 5.74) is 3.21. The fraction of sp³-hybridized carbons (Fsp3) is 0.174. The van der Waals surface area contributed by atoms with Crippen LogP contribution in [0.15, 0.2) is 71.6 Å². The van der Waals surface area contributed by atoms with Crippen molar-refractivity contribution in [3.8, 4) is 0 Å². The first-order valence-corrected chi connectivity index (χ1v) is 11.0. The van der Waals surface area contributed by atoms with Crippen LogP contribution >= 0.6 is 0 Å². The molecule has 30 heavy (non-hydrogen) atoms. The van der Waals surface area contributed by atoms with Gasteiger partial charge in [0, 0.05) is 12.2 Å². The van der Waals surface area contributed by atoms with Gasteiger partial charge in [-0.3, -0.25) is 4.79 Å². The van der Waals surface area contributed by atoms with Crippen molar-refractivity contribution < 1.29 is 17.6 Å². The van der Waals surface area contributed by atoms with Gasteiger partial charge >= 0.3 is 0 Å². The molecular weight excluding hydrogens is 403 g/mol. The van der Waals surface area contributed by atoms with E-state index in [1.54, 1.807) is 12.1 Å². The van der Waals surface area contributed by atoms with E-state index in [0.29, 0.717) is 12.1 Å². The average Bonchev–Trinajstić information content (AvgIpc) is 2.71. The Bertz CT molecular complexity index is 1160. The summed E-state index contributed by atoms with van der Waals surface area (Å²) < 4.78 is 41.9. The highest BCUT2D eigenvalue weighted by Gasteiger charge is 2.19. The monoisotopic (exact) mass is 426 g/mol. The first kappa shape index (κ1) is 21.7. The number of carbonyl (C=O) groups excluding carboxylic acids is 1. The molecule has 0 saturated heterocycles. The number of amides is 1. The highest BCUT2D eigenvalue weighted by molar-refractivity contribution is 7.89. The summed E-state index contributed by atoms with van der Waals surface area (Å²) in [7, 11) is -3.89. The molecule has 3 aromatic carbocycles. The van der Waals surface area contributed by atoms with Crippen molar-refractivity contribution in [2.75, 3.05) is 11.9 Å². The number of rotatable bonds is 7. The quantitative estimate of drug-likeness (QED) is 0.594. The van der Waals surface area contributed by atoms with E-state index < -0.39 is 21.7 Å². The Balaban J connectivity index is 1.74. The molecule has 1 amide bonds. The molecule has 0 aliphatic heterocycles. The standard InChI is InChI=1S/C23H23FN2O3S/c1-16-8-9-19(14-17(16)2)26-23(27)21-15-20(10-11-22(21)24)30(28,29)25-13-12-18-6-4-3-5-7-18/h3-11,14-15,25H,12-13H2,1-2H3,(H,26,27). The van der Waals surface area contributed by atoms with Gasteiger partial charge in [0.05, 0.1) is 10.5 Å². The molecular formula is C23H23FN2O3S. The summed E-state index contributed by atoms with van der Waals surface area (Å²) in [5, 5.41) is 2.62. The second-order valence-electron chi connectivity index (χ2n) is 7.03. The van der Waals surface area contributed by atoms with Crippen LogP contribution < -0.4 is 10.0 Å². The number of hydrogen-bond acceptors (Lipinski definition) is 3. The van der Waals surface area contributed by atoms with Gasteiger partial charge in [-0.25, -0.2) is 17.5 Å². The number of anilines is 1. The first-order valence-electron chi connectivity index (χ1n) is 9.48. The lowest BCUT2D eigenvalue weighted by Crippen LogP contribution is -2.26. The molecule has 2 N–H and O–H groups in total. The minimum absolute atomic E-state index is 0.165. The van der Waals surface area contributed by atoms with E-state index in [2.05, 4.69) is 10.0 Å². The number of sulfonamides is 1. The van der Waals surface area contributed by atoms with Crippen LogP contribution in [0.2, 0.25) is 0 Å². The molecule has 0 atom stereocenters. The fourth-order valence-electron chi connectivity index (χ4n) is 2.92. The second kappa shape index (κ2) is 9.19. The van der Waals surface area contributed by atoms with Crippen LogP contribution in [0.3, 0.4) is 0 Å². The van der Waals surface area contributed by atoms with Crippen molar-refractivity contribution in [2.45, 2.75) is 25.2 Å². The van der Waals surface area contributed by atoms with E-state index in [0.717, 1.165) is 34.9 Å². The number of aryl methyl sites for hydroxylation is 2. The lowest BCUT2D eigenvalue weighted by molar-refractivity contribution is 0.102. The van der Waals surface area contributed by atoms with Gasteiger partial charge in [-0.1, -0.05) is 36.4 Å². The smallest absolute Gasteiger partial charge is 0.258 e. The zero-order valence-electron chi connectivity index (χ0n) is 16.8. The minimum Gasteiger partial charge on any atom is -0.322 e. The molecule has 156 valence electrons. The molecule has 0 aromatic heterocycles. The number of nitrogens with one attached hydrogen (secondary N) is 2. The molecule has 7 heteroatoms. The van der Waals surface area contributed by atoms with Gasteiger partial charge in [0.15, 0.2) is 0 Å². The SMILES string of the molecule is Cc1ccc(NC(=O)c2cc(S(=O)(=O)NCCc3ccccc3)ccc2F)cc1C. The molecule has 5 nitrogen and oxygen atoms in total. The Morgan fingerprint density at radius 1 is 0.933 bits per heavy atom. The summed E-state index contributed by atoms with van der Waals surface area (Å²) in [6, 6.07) is 18.0. The second-order valence-corrected chi connectivity index (χ2v) is 8.80. The Morgan fingerprint density at radius 3 is 2.37 bits per heavy atom. The van der Waals surface area contributed by atoms with Crippen LogP contribution in [0.1, 0.15) is 27.0 Å². The lowest BCUT2D eigenvalue weighted by Gasteiger charge is -2.11. The van der Waals surface area contributed by atoms with Gasteiger partial charge in [0.25, 0.3) is 5.91 Å². The van der Waals surface area contributed by atoms with Crippen LogP contribution in [0.4, 0.5) is 10.1 Å². The molecule has 3 aromatic rings. The maximum absolute atomic E-state index is 14.3. The summed E-state index contributed by atoms with van der Waals surface area (Å²) >= 11 is 0. The maximum atomic E-state index is 14.3. The third-order valence-electron chi connectivity index (χ3n) is 4.81. The van der Waals surface area contributed by atoms with Crippen LogP contribution in [0.25, 0.3) is 0 Å². The van der Waals surface area contributed by atoms with E-state index in [9.17, 15) is 17.6 Å². The van der Waals surface area contributed by atoms with Crippen molar-refractivity contribution in [1.82, 2.24) is 4.72 Å². The minimum atomic E-state index is -3.89. The zero-order valence-corrected chi connectivity index (χ0v) is 17.6. The van der Waals surface area contributed by atoms with Gasteiger partial charge in [-0.15, -0.1) is 0 Å². The van der Waals surface area contributed by atoms with E-state index in [1.807, 2.05) is 50.2 Å². The van der Waals surface area contributed by atoms with E-state index in [4.69, 9.17) is 0 Å². The van der Waals surface area contributed by atoms with Gasteiger partial charge < -0.3 is 5.32 Å². The van der Waals surface area contributed by atoms with E-state index >= 15 is 0 Å². The van der Waals surface area contributed by atoms with Gasteiger partial charge in [-0.05, 0) is 67.3 Å². The van der Waals surface area contributed by atoms with Crippen molar-refractivity contribution in [1.29, 1.82) is 0 Å². The largest absolute Gasteiger partial charge is 0.322 e. The maximum Gasteiger partial charge on any atom is 0.258 e. The van der Waals surface area contributed by atoms with Crippen LogP contribution in [-0.2, 0) is 16.4 Å². The molecule has 0 spiro atoms. The normalized spacial score (nSPS) is 11.3. The lowest BCUT2D eigenvalue weighted by atomic mass is 10.1. The molecule has 0 aliphatic rings. The summed E-state index contributed by atoms with van der Waals surface area (Å²) in [5.74, 6) is -1.50. The van der Waals surface area contributed by atoms with Crippen molar-refractivity contribution in [3.63, 3.8) is 0 Å². The van der Waals surface area contributed by atoms with Crippen molar-refractivity contribution in [3.05, 3.63) is 94.8 Å². The van der Waals surface area contributed by atoms with Crippen LogP contribution in [0.5, 0.6) is 0 Å². The highest BCUT2D eigenvalue weighted by atomic mass is 32.2. The number of halogens is 1. The number of carbonyl (C=O) groups is 1. The third-order valence-corrected chi connectivity index (χ3v) is 6.26. The summed E-state index contributed by atoms with van der Waals surface area (Å²) in [6.07, 6.45) is 0.515. The Morgan fingerprint density at radius 2 is 1.67 bits per heavy atom. The predicted molar refractivity (Wildman–Crippen MR) is 116 cm³/mol. The van der Waals surface area contributed by atoms with Gasteiger partial charge in [-0.2, -0.15) is 0 Å². The summed E-state index contributed by atoms with van der Waals surface area (Å²) in [4.78, 5) is 12.4. The molecule has 3 rings (SSSR count). The number of hydrogen-bond donors (Lipinski definition) is 2. The molecule has 0 fully saturated rings. The Hall–Kier alpha value is -3.03. The molecule has 0 aliphatic carbocycles. The van der Waals surface area contributed by atoms with Gasteiger partial charge in [0.1, 0.15) is 5.82 Å². The summed E-state index contributed by atoms with van der Waals surface area (Å²) in [6.45, 7) is 4.04. The third kappa shape index (κ3) is 5.31. The first-order chi connectivity index (χ1) is 14.3. The van der Waals surface area contributed by atoms with Crippen LogP contribution in [-0.4, -0.2) is 20.9 Å². The fourth-order valence-corrected chi connectivity index (χ4v) is 3.98. The highest BCUT2D eigenvalue weighted by Crippen LogP contribution is 2.19. The van der Waals surface area contributed by atoms with E-state index in [1.165, 1.54) is 0 Å². The molecule has 0 saturated carbocycles. The van der Waals surface area contributed by atoms with Gasteiger partial charge in [0.2, 0.25) is 10.0 Å². The molecule has 0 radical (unpaired) electrons. The topological polar surface area (TPSA) is 75.3 Å². The van der Waals surface area contributed by atoms with E-state index in [-0.39, 0.29) is 17.0 Å². The molecule has 0 heterocycles.